The third-order valence-electron chi connectivity index (χ3n) is 0.991. The summed E-state index contributed by atoms with van der Waals surface area (Å²) in [4.78, 5) is 2.00. The van der Waals surface area contributed by atoms with E-state index in [4.69, 9.17) is 18.6 Å². The molecule has 0 aromatic heterocycles. The largest absolute Gasteiger partial charge is 0.383 e. The molecule has 0 radical (unpaired) electrons. The van der Waals surface area contributed by atoms with Gasteiger partial charge in [-0.05, 0) is 12.3 Å². The number of allylic oxidation sites excluding steroid dienone is 3. The molecule has 0 rings (SSSR count). The number of halogens is 1. The van der Waals surface area contributed by atoms with Gasteiger partial charge in [-0.1, -0.05) is 6.08 Å². The maximum Gasteiger partial charge on any atom is 0.162 e. The van der Waals surface area contributed by atoms with Crippen molar-refractivity contribution in [2.75, 3.05) is 28.2 Å². The lowest BCUT2D eigenvalue weighted by molar-refractivity contribution is -2.00. The second-order valence-corrected chi connectivity index (χ2v) is 3.94. The van der Waals surface area contributed by atoms with Gasteiger partial charge in [-0.3, -0.25) is 0 Å². The van der Waals surface area contributed by atoms with Crippen molar-refractivity contribution in [1.82, 2.24) is 4.90 Å². The Labute approximate surface area is 97.8 Å². The fourth-order valence-electron chi connectivity index (χ4n) is 0.508. The van der Waals surface area contributed by atoms with Crippen LogP contribution in [0.15, 0.2) is 24.4 Å². The maximum atomic E-state index is 8.49. The molecule has 0 heterocycles. The number of hydrogen-bond donors (Lipinski definition) is 0. The highest BCUT2D eigenvalue weighted by Crippen LogP contribution is 1.78. The van der Waals surface area contributed by atoms with Crippen molar-refractivity contribution in [3.63, 3.8) is 0 Å². The highest BCUT2D eigenvalue weighted by atomic mass is 35.7. The molecule has 0 bridgehead atoms. The van der Waals surface area contributed by atoms with Crippen LogP contribution in [0.3, 0.4) is 0 Å². The van der Waals surface area contributed by atoms with Gasteiger partial charge in [0.05, 0.1) is 0 Å². The molecule has 0 N–H and O–H groups in total. The first-order valence-electron chi connectivity index (χ1n) is 4.26. The highest BCUT2D eigenvalue weighted by Gasteiger charge is 1.84. The van der Waals surface area contributed by atoms with Crippen molar-refractivity contribution in [3.05, 3.63) is 24.4 Å². The Kier molecular flexibility index (Phi) is 10.2. The second kappa shape index (κ2) is 9.32. The Balaban J connectivity index is 0. The van der Waals surface area contributed by atoms with E-state index >= 15 is 0 Å². The number of rotatable bonds is 3. The van der Waals surface area contributed by atoms with Crippen LogP contribution in [0.2, 0.25) is 0 Å². The van der Waals surface area contributed by atoms with E-state index in [-0.39, 0.29) is 0 Å². The first-order valence-corrected chi connectivity index (χ1v) is 5.49. The van der Waals surface area contributed by atoms with E-state index in [2.05, 4.69) is 0 Å². The van der Waals surface area contributed by atoms with Gasteiger partial charge in [-0.15, -0.1) is 10.2 Å². The van der Waals surface area contributed by atoms with Gasteiger partial charge >= 0.3 is 0 Å². The highest BCUT2D eigenvalue weighted by molar-refractivity contribution is 5.66. The molecule has 0 saturated heterocycles. The minimum absolute atomic E-state index is 2.00. The van der Waals surface area contributed by atoms with Crippen molar-refractivity contribution in [1.29, 1.82) is 0 Å². The molecule has 0 aliphatic heterocycles. The molecule has 6 nitrogen and oxygen atoms in total. The predicted octanol–water partition coefficient (Wildman–Crippen LogP) is -3.80. The van der Waals surface area contributed by atoms with Crippen LogP contribution in [0.1, 0.15) is 0 Å². The van der Waals surface area contributed by atoms with Crippen molar-refractivity contribution >= 4 is 6.21 Å². The molecule has 0 fully saturated rings. The lowest BCUT2D eigenvalue weighted by Gasteiger charge is -2.17. The van der Waals surface area contributed by atoms with Crippen LogP contribution in [0.25, 0.3) is 0 Å². The van der Waals surface area contributed by atoms with Crippen LogP contribution in [0.4, 0.5) is 0 Å². The summed E-state index contributed by atoms with van der Waals surface area (Å²) in [6, 6.07) is 0. The Bertz CT molecular complexity index is 247. The average molecular weight is 253 g/mol. The van der Waals surface area contributed by atoms with Crippen LogP contribution in [-0.2, 0) is 0 Å². The van der Waals surface area contributed by atoms with Crippen molar-refractivity contribution in [3.8, 4) is 0 Å². The molecular formula is C9H17ClN2O4. The SMILES string of the molecule is CN(C)C=CC=CC=[N+](C)C.[O-][Cl+3]([O-])([O-])[O-]. The third-order valence-corrected chi connectivity index (χ3v) is 0.991. The van der Waals surface area contributed by atoms with Gasteiger partial charge in [-0.25, -0.2) is 23.2 Å². The van der Waals surface area contributed by atoms with E-state index in [1.165, 1.54) is 0 Å². The molecule has 0 saturated carbocycles. The first-order chi connectivity index (χ1) is 7.13. The molecule has 0 aliphatic carbocycles. The Hall–Kier alpha value is -0.920. The topological polar surface area (TPSA) is 98.5 Å². The van der Waals surface area contributed by atoms with E-state index < -0.39 is 10.2 Å². The fraction of sp³-hybridized carbons (Fsp3) is 0.444. The van der Waals surface area contributed by atoms with Crippen LogP contribution in [0, 0.1) is 10.2 Å². The summed E-state index contributed by atoms with van der Waals surface area (Å²) in [7, 11) is 3.06. The quantitative estimate of drug-likeness (QED) is 0.292. The van der Waals surface area contributed by atoms with Crippen LogP contribution >= 0.6 is 0 Å². The van der Waals surface area contributed by atoms with E-state index in [0.717, 1.165) is 0 Å². The van der Waals surface area contributed by atoms with Crippen LogP contribution in [0.5, 0.6) is 0 Å². The molecule has 0 unspecified atom stereocenters. The summed E-state index contributed by atoms with van der Waals surface area (Å²) in [6.07, 6.45) is 10.0. The van der Waals surface area contributed by atoms with Gasteiger partial charge in [0.25, 0.3) is 0 Å². The smallest absolute Gasteiger partial charge is 0.162 e. The third kappa shape index (κ3) is 38.1. The van der Waals surface area contributed by atoms with Crippen LogP contribution in [-0.4, -0.2) is 43.9 Å². The van der Waals surface area contributed by atoms with E-state index in [9.17, 15) is 0 Å². The molecule has 0 aromatic carbocycles. The molecule has 0 spiro atoms. The Morgan fingerprint density at radius 2 is 1.38 bits per heavy atom. The summed E-state index contributed by atoms with van der Waals surface area (Å²) in [6.45, 7) is 0. The molecule has 0 aliphatic rings. The molecule has 16 heavy (non-hydrogen) atoms. The Morgan fingerprint density at radius 1 is 0.938 bits per heavy atom. The van der Waals surface area contributed by atoms with Gasteiger partial charge < -0.3 is 4.90 Å². The minimum atomic E-state index is -4.94. The lowest BCUT2D eigenvalue weighted by Crippen LogP contribution is -2.68. The summed E-state index contributed by atoms with van der Waals surface area (Å²) >= 11 is 0. The Morgan fingerprint density at radius 3 is 1.69 bits per heavy atom. The van der Waals surface area contributed by atoms with Gasteiger partial charge in [0.1, 0.15) is 14.1 Å². The van der Waals surface area contributed by atoms with Gasteiger partial charge in [0, 0.05) is 20.2 Å². The maximum absolute atomic E-state index is 8.49. The summed E-state index contributed by atoms with van der Waals surface area (Å²) in [5.74, 6) is 0. The van der Waals surface area contributed by atoms with Crippen molar-refractivity contribution in [2.24, 2.45) is 0 Å². The molecule has 0 amide bonds. The second-order valence-electron chi connectivity index (χ2n) is 3.18. The minimum Gasteiger partial charge on any atom is -0.383 e. The monoisotopic (exact) mass is 252 g/mol. The number of hydrogen-bond acceptors (Lipinski definition) is 5. The van der Waals surface area contributed by atoms with Gasteiger partial charge in [0.15, 0.2) is 6.21 Å². The summed E-state index contributed by atoms with van der Waals surface area (Å²) in [5.41, 5.74) is 0. The summed E-state index contributed by atoms with van der Waals surface area (Å²) < 4.78 is 36.0. The zero-order valence-electron chi connectivity index (χ0n) is 9.79. The lowest BCUT2D eigenvalue weighted by atomic mass is 10.5. The van der Waals surface area contributed by atoms with Gasteiger partial charge in [0.2, 0.25) is 0 Å². The number of nitrogens with zero attached hydrogens (tertiary/aromatic N) is 2. The van der Waals surface area contributed by atoms with Crippen molar-refractivity contribution < 1.29 is 33.5 Å². The molecule has 0 aromatic rings. The predicted molar refractivity (Wildman–Crippen MR) is 50.1 cm³/mol. The average Bonchev–Trinajstić information content (AvgIpc) is 1.99. The van der Waals surface area contributed by atoms with E-state index in [0.29, 0.717) is 0 Å². The fourth-order valence-corrected chi connectivity index (χ4v) is 0.508. The zero-order valence-corrected chi connectivity index (χ0v) is 10.5. The normalized spacial score (nSPS) is 11.2. The first kappa shape index (κ1) is 17.5. The van der Waals surface area contributed by atoms with E-state index in [1.807, 2.05) is 68.3 Å². The molecule has 94 valence electrons. The van der Waals surface area contributed by atoms with Gasteiger partial charge in [-0.2, -0.15) is 0 Å². The molecule has 0 atom stereocenters. The molecular weight excluding hydrogens is 236 g/mol. The van der Waals surface area contributed by atoms with Crippen LogP contribution < -0.4 is 18.6 Å². The standard InChI is InChI=1S/C9H17N2.ClHO4/c1-10(2)8-6-5-7-9-11(3)4;2-1(3,4)5/h5-9H,1-4H3;(H,2,3,4,5)/q+1;/p-1. The van der Waals surface area contributed by atoms with E-state index in [1.54, 1.807) is 0 Å². The molecule has 7 heteroatoms. The zero-order chi connectivity index (χ0) is 13.2. The van der Waals surface area contributed by atoms with Crippen molar-refractivity contribution in [2.45, 2.75) is 0 Å². The summed E-state index contributed by atoms with van der Waals surface area (Å²) in [5, 5.41) is 0.